The Morgan fingerprint density at radius 3 is 2.36 bits per heavy atom. The summed E-state index contributed by atoms with van der Waals surface area (Å²) in [4.78, 5) is 0. The fourth-order valence-corrected chi connectivity index (χ4v) is 2.12. The second-order valence-corrected chi connectivity index (χ2v) is 4.88. The van der Waals surface area contributed by atoms with Gasteiger partial charge in [0.1, 0.15) is 11.3 Å². The highest BCUT2D eigenvalue weighted by Gasteiger charge is 2.08. The standard InChI is InChI=1S/C16H16ClN3.C2H6/c1-3-11(2)12-8-9-20(15(18)10-12)16(19)13-6-4-5-7-14(13)17;1-2/h3-10,18-19H,1-2H3;1-2H3/b11-3+,18-15?,19-16?;. The van der Waals surface area contributed by atoms with E-state index in [0.29, 0.717) is 10.6 Å². The van der Waals surface area contributed by atoms with Crippen LogP contribution < -0.4 is 5.49 Å². The minimum Gasteiger partial charge on any atom is -0.286 e. The van der Waals surface area contributed by atoms with E-state index < -0.39 is 0 Å². The molecule has 0 bridgehead atoms. The molecule has 0 radical (unpaired) electrons. The summed E-state index contributed by atoms with van der Waals surface area (Å²) in [6.45, 7) is 7.96. The van der Waals surface area contributed by atoms with E-state index in [2.05, 4.69) is 0 Å². The Morgan fingerprint density at radius 1 is 1.18 bits per heavy atom. The lowest BCUT2D eigenvalue weighted by atomic mass is 10.1. The van der Waals surface area contributed by atoms with Crippen LogP contribution in [0.1, 0.15) is 38.8 Å². The number of nitrogens with zero attached hydrogens (tertiary/aromatic N) is 1. The first-order valence-corrected chi connectivity index (χ1v) is 7.67. The van der Waals surface area contributed by atoms with Gasteiger partial charge in [-0.3, -0.25) is 15.4 Å². The van der Waals surface area contributed by atoms with Gasteiger partial charge in [-0.2, -0.15) is 0 Å². The zero-order valence-corrected chi connectivity index (χ0v) is 14.2. The van der Waals surface area contributed by atoms with Crippen LogP contribution in [0.3, 0.4) is 0 Å². The zero-order valence-electron chi connectivity index (χ0n) is 13.4. The summed E-state index contributed by atoms with van der Waals surface area (Å²) in [6, 6.07) is 10.8. The van der Waals surface area contributed by atoms with Gasteiger partial charge in [-0.25, -0.2) is 0 Å². The average molecular weight is 316 g/mol. The molecular formula is C18H22ClN3. The van der Waals surface area contributed by atoms with Crippen LogP contribution >= 0.6 is 11.6 Å². The maximum atomic E-state index is 8.22. The molecular weight excluding hydrogens is 294 g/mol. The molecule has 0 atom stereocenters. The monoisotopic (exact) mass is 315 g/mol. The summed E-state index contributed by atoms with van der Waals surface area (Å²) in [6.07, 6.45) is 3.73. The molecule has 4 heteroatoms. The second kappa shape index (κ2) is 8.35. The van der Waals surface area contributed by atoms with Crippen molar-refractivity contribution in [3.05, 3.63) is 70.3 Å². The number of rotatable bonds is 2. The van der Waals surface area contributed by atoms with E-state index >= 15 is 0 Å². The van der Waals surface area contributed by atoms with Crippen LogP contribution in [0.4, 0.5) is 0 Å². The van der Waals surface area contributed by atoms with Gasteiger partial charge < -0.3 is 0 Å². The lowest BCUT2D eigenvalue weighted by Gasteiger charge is -2.11. The third-order valence-corrected chi connectivity index (χ3v) is 3.54. The van der Waals surface area contributed by atoms with Crippen molar-refractivity contribution in [2.24, 2.45) is 0 Å². The highest BCUT2D eigenvalue weighted by atomic mass is 35.5. The van der Waals surface area contributed by atoms with Crippen LogP contribution in [0.15, 0.2) is 48.7 Å². The van der Waals surface area contributed by atoms with Gasteiger partial charge in [0.05, 0.1) is 5.02 Å². The molecule has 0 amide bonds. The highest BCUT2D eigenvalue weighted by Crippen LogP contribution is 2.16. The summed E-state index contributed by atoms with van der Waals surface area (Å²) in [5.41, 5.74) is 2.97. The van der Waals surface area contributed by atoms with Crippen LogP contribution in [-0.2, 0) is 0 Å². The van der Waals surface area contributed by atoms with Crippen molar-refractivity contribution in [1.82, 2.24) is 4.57 Å². The van der Waals surface area contributed by atoms with Gasteiger partial charge in [-0.1, -0.05) is 43.7 Å². The van der Waals surface area contributed by atoms with Gasteiger partial charge in [-0.15, -0.1) is 0 Å². The van der Waals surface area contributed by atoms with Crippen LogP contribution in [0.2, 0.25) is 5.02 Å². The third kappa shape index (κ3) is 3.95. The molecule has 0 aliphatic carbocycles. The van der Waals surface area contributed by atoms with E-state index in [1.54, 1.807) is 24.4 Å². The highest BCUT2D eigenvalue weighted by molar-refractivity contribution is 6.34. The van der Waals surface area contributed by atoms with Gasteiger partial charge in [0.15, 0.2) is 0 Å². The molecule has 2 N–H and O–H groups in total. The number of allylic oxidation sites excluding steroid dienone is 2. The first-order chi connectivity index (χ1) is 10.5. The maximum Gasteiger partial charge on any atom is 0.139 e. The van der Waals surface area contributed by atoms with Crippen molar-refractivity contribution in [2.75, 3.05) is 0 Å². The van der Waals surface area contributed by atoms with Crippen molar-refractivity contribution in [3.63, 3.8) is 0 Å². The summed E-state index contributed by atoms with van der Waals surface area (Å²) in [7, 11) is 0. The number of hydrogen-bond donors (Lipinski definition) is 2. The molecule has 0 unspecified atom stereocenters. The van der Waals surface area contributed by atoms with Crippen LogP contribution in [0, 0.1) is 10.8 Å². The number of hydrogen-bond acceptors (Lipinski definition) is 2. The van der Waals surface area contributed by atoms with E-state index in [1.165, 1.54) is 4.57 Å². The Morgan fingerprint density at radius 2 is 1.82 bits per heavy atom. The largest absolute Gasteiger partial charge is 0.286 e. The maximum absolute atomic E-state index is 8.22. The Kier molecular flexibility index (Phi) is 6.80. The first kappa shape index (κ1) is 17.9. The van der Waals surface area contributed by atoms with E-state index in [1.807, 2.05) is 52.0 Å². The van der Waals surface area contributed by atoms with E-state index in [9.17, 15) is 0 Å². The first-order valence-electron chi connectivity index (χ1n) is 7.29. The molecule has 2 rings (SSSR count). The Labute approximate surface area is 136 Å². The Balaban J connectivity index is 0.00000116. The lowest BCUT2D eigenvalue weighted by molar-refractivity contribution is 0.961. The Bertz CT molecular complexity index is 742. The van der Waals surface area contributed by atoms with Crippen molar-refractivity contribution < 1.29 is 0 Å². The molecule has 0 saturated carbocycles. The molecule has 3 nitrogen and oxygen atoms in total. The van der Waals surface area contributed by atoms with Crippen molar-refractivity contribution >= 4 is 23.0 Å². The van der Waals surface area contributed by atoms with E-state index in [4.69, 9.17) is 22.4 Å². The normalized spacial score (nSPS) is 10.7. The summed E-state index contributed by atoms with van der Waals surface area (Å²) >= 11 is 6.10. The number of halogens is 1. The van der Waals surface area contributed by atoms with Crippen molar-refractivity contribution in [3.8, 4) is 0 Å². The molecule has 0 fully saturated rings. The van der Waals surface area contributed by atoms with Gasteiger partial charge in [0.25, 0.3) is 0 Å². The van der Waals surface area contributed by atoms with Crippen LogP contribution in [0.25, 0.3) is 5.57 Å². The summed E-state index contributed by atoms with van der Waals surface area (Å²) in [5.74, 6) is 0.199. The minimum atomic E-state index is 0.199. The fourth-order valence-electron chi connectivity index (χ4n) is 1.89. The lowest BCUT2D eigenvalue weighted by Crippen LogP contribution is -2.26. The summed E-state index contributed by atoms with van der Waals surface area (Å²) in [5, 5.41) is 16.8. The number of nitrogens with one attached hydrogen (secondary N) is 2. The van der Waals surface area contributed by atoms with E-state index in [-0.39, 0.29) is 11.3 Å². The fraction of sp³-hybridized carbons (Fsp3) is 0.222. The molecule has 1 aromatic heterocycles. The predicted octanol–water partition coefficient (Wildman–Crippen LogP) is 4.94. The molecule has 1 aromatic carbocycles. The molecule has 0 saturated heterocycles. The van der Waals surface area contributed by atoms with Crippen molar-refractivity contribution in [1.29, 1.82) is 10.8 Å². The predicted molar refractivity (Wildman–Crippen MR) is 94.6 cm³/mol. The molecule has 0 aliphatic heterocycles. The Hall–Kier alpha value is -2.13. The van der Waals surface area contributed by atoms with Crippen LogP contribution in [-0.4, -0.2) is 10.4 Å². The molecule has 0 aliphatic rings. The topological polar surface area (TPSA) is 52.6 Å². The number of aromatic nitrogens is 1. The second-order valence-electron chi connectivity index (χ2n) is 4.47. The molecule has 1 heterocycles. The quantitative estimate of drug-likeness (QED) is 0.582. The number of benzene rings is 1. The third-order valence-electron chi connectivity index (χ3n) is 3.21. The summed E-state index contributed by atoms with van der Waals surface area (Å²) < 4.78 is 1.51. The average Bonchev–Trinajstić information content (AvgIpc) is 2.55. The van der Waals surface area contributed by atoms with Gasteiger partial charge in [0, 0.05) is 11.8 Å². The van der Waals surface area contributed by atoms with Gasteiger partial charge in [-0.05, 0) is 49.2 Å². The van der Waals surface area contributed by atoms with E-state index in [0.717, 1.165) is 11.1 Å². The minimum absolute atomic E-state index is 0.199. The SMILES string of the molecule is C/C=C(\C)c1ccn(C(=N)c2ccccc2Cl)c(=N)c1.CC. The van der Waals surface area contributed by atoms with Crippen LogP contribution in [0.5, 0.6) is 0 Å². The molecule has 2 aromatic rings. The molecule has 22 heavy (non-hydrogen) atoms. The number of pyridine rings is 1. The zero-order chi connectivity index (χ0) is 16.7. The smallest absolute Gasteiger partial charge is 0.139 e. The van der Waals surface area contributed by atoms with Crippen molar-refractivity contribution in [2.45, 2.75) is 27.7 Å². The van der Waals surface area contributed by atoms with Gasteiger partial charge >= 0.3 is 0 Å². The van der Waals surface area contributed by atoms with Gasteiger partial charge in [0.2, 0.25) is 0 Å². The molecule has 116 valence electrons. The molecule has 0 spiro atoms.